The average Bonchev–Trinajstić information content (AvgIpc) is 3.27. The second-order valence-electron chi connectivity index (χ2n) is 7.11. The molecule has 8 nitrogen and oxygen atoms in total. The summed E-state index contributed by atoms with van der Waals surface area (Å²) in [6.07, 6.45) is 2.55. The summed E-state index contributed by atoms with van der Waals surface area (Å²) >= 11 is 0. The fraction of sp³-hybridized carbons (Fsp3) is 0.421. The molecule has 27 heavy (non-hydrogen) atoms. The number of aromatic nitrogens is 2. The number of piperazine rings is 1. The van der Waals surface area contributed by atoms with Gasteiger partial charge in [-0.05, 0) is 6.42 Å². The number of carbonyl (C=O) groups is 2. The fourth-order valence-electron chi connectivity index (χ4n) is 3.89. The Balaban J connectivity index is 1.45. The molecule has 2 aromatic rings. The molecule has 3 atom stereocenters. The third kappa shape index (κ3) is 3.33. The van der Waals surface area contributed by atoms with E-state index in [-0.39, 0.29) is 24.5 Å². The summed E-state index contributed by atoms with van der Waals surface area (Å²) in [6, 6.07) is 8.73. The van der Waals surface area contributed by atoms with Gasteiger partial charge in [0.1, 0.15) is 12.1 Å². The Labute approximate surface area is 157 Å². The number of nitrogens with one attached hydrogen (secondary N) is 2. The highest BCUT2D eigenvalue weighted by atomic mass is 16.3. The molecule has 1 aromatic heterocycles. The minimum absolute atomic E-state index is 0.0194. The molecule has 3 heterocycles. The lowest BCUT2D eigenvalue weighted by Gasteiger charge is -2.33. The highest BCUT2D eigenvalue weighted by molar-refractivity contribution is 5.97. The Morgan fingerprint density at radius 1 is 1.30 bits per heavy atom. The SMILES string of the molecule is Cn1cc(CN[C@H]2C[C@H]3C(=O)N[C@@H](CO)C(=O)N3C2)c(-c2ccccc2)n1. The second-order valence-corrected chi connectivity index (χ2v) is 7.11. The Morgan fingerprint density at radius 3 is 2.81 bits per heavy atom. The molecule has 0 radical (unpaired) electrons. The standard InChI is InChI=1S/C19H23N5O3/c1-23-9-13(17(22-23)12-5-3-2-4-6-12)8-20-14-7-16-18(26)21-15(11-25)19(27)24(16)10-14/h2-6,9,14-16,20,25H,7-8,10-11H2,1H3,(H,21,26)/t14-,15-,16-/m0/s1. The maximum Gasteiger partial charge on any atom is 0.248 e. The van der Waals surface area contributed by atoms with Gasteiger partial charge in [-0.3, -0.25) is 14.3 Å². The van der Waals surface area contributed by atoms with Crippen molar-refractivity contribution in [1.29, 1.82) is 0 Å². The lowest BCUT2D eigenvalue weighted by Crippen LogP contribution is -2.62. The Bertz CT molecular complexity index is 850. The van der Waals surface area contributed by atoms with E-state index < -0.39 is 12.1 Å². The molecule has 2 aliphatic rings. The zero-order valence-corrected chi connectivity index (χ0v) is 15.1. The lowest BCUT2D eigenvalue weighted by molar-refractivity contribution is -0.148. The molecule has 3 N–H and O–H groups in total. The van der Waals surface area contributed by atoms with Crippen LogP contribution in [0.3, 0.4) is 0 Å². The predicted molar refractivity (Wildman–Crippen MR) is 98.4 cm³/mol. The minimum Gasteiger partial charge on any atom is -0.394 e. The highest BCUT2D eigenvalue weighted by Crippen LogP contribution is 2.25. The van der Waals surface area contributed by atoms with Crippen molar-refractivity contribution in [3.8, 4) is 11.3 Å². The zero-order chi connectivity index (χ0) is 19.0. The molecule has 0 spiro atoms. The summed E-state index contributed by atoms with van der Waals surface area (Å²) in [5, 5.41) is 19.9. The molecule has 8 heteroatoms. The molecule has 2 fully saturated rings. The number of hydrogen-bond donors (Lipinski definition) is 3. The monoisotopic (exact) mass is 369 g/mol. The molecule has 0 unspecified atom stereocenters. The first-order valence-electron chi connectivity index (χ1n) is 9.10. The van der Waals surface area contributed by atoms with Gasteiger partial charge in [-0.15, -0.1) is 0 Å². The van der Waals surface area contributed by atoms with E-state index in [0.29, 0.717) is 19.5 Å². The van der Waals surface area contributed by atoms with Gasteiger partial charge in [0.05, 0.1) is 12.3 Å². The maximum absolute atomic E-state index is 12.4. The molecule has 2 saturated heterocycles. The van der Waals surface area contributed by atoms with E-state index in [1.807, 2.05) is 43.6 Å². The van der Waals surface area contributed by atoms with Crippen LogP contribution in [0.15, 0.2) is 36.5 Å². The zero-order valence-electron chi connectivity index (χ0n) is 15.1. The van der Waals surface area contributed by atoms with Gasteiger partial charge >= 0.3 is 0 Å². The summed E-state index contributed by atoms with van der Waals surface area (Å²) in [4.78, 5) is 26.1. The molecule has 142 valence electrons. The van der Waals surface area contributed by atoms with Gasteiger partial charge in [-0.1, -0.05) is 30.3 Å². The van der Waals surface area contributed by atoms with E-state index in [2.05, 4.69) is 15.7 Å². The molecule has 0 saturated carbocycles. The van der Waals surface area contributed by atoms with Crippen LogP contribution < -0.4 is 10.6 Å². The van der Waals surface area contributed by atoms with Gasteiger partial charge in [-0.25, -0.2) is 0 Å². The van der Waals surface area contributed by atoms with Crippen LogP contribution in [0.2, 0.25) is 0 Å². The predicted octanol–water partition coefficient (Wildman–Crippen LogP) is -0.363. The fourth-order valence-corrected chi connectivity index (χ4v) is 3.89. The van der Waals surface area contributed by atoms with Crippen LogP contribution in [0.25, 0.3) is 11.3 Å². The van der Waals surface area contributed by atoms with Crippen molar-refractivity contribution in [3.05, 3.63) is 42.1 Å². The molecule has 0 aliphatic carbocycles. The van der Waals surface area contributed by atoms with E-state index in [0.717, 1.165) is 16.8 Å². The smallest absolute Gasteiger partial charge is 0.248 e. The molecular weight excluding hydrogens is 346 g/mol. The van der Waals surface area contributed by atoms with Crippen LogP contribution in [0.1, 0.15) is 12.0 Å². The van der Waals surface area contributed by atoms with Crippen LogP contribution in [-0.2, 0) is 23.2 Å². The Morgan fingerprint density at radius 2 is 2.07 bits per heavy atom. The first kappa shape index (κ1) is 17.7. The van der Waals surface area contributed by atoms with Crippen LogP contribution in [0, 0.1) is 0 Å². The number of amides is 2. The van der Waals surface area contributed by atoms with E-state index >= 15 is 0 Å². The van der Waals surface area contributed by atoms with Crippen molar-refractivity contribution >= 4 is 11.8 Å². The van der Waals surface area contributed by atoms with Crippen molar-refractivity contribution in [2.75, 3.05) is 13.2 Å². The first-order valence-corrected chi connectivity index (χ1v) is 9.10. The van der Waals surface area contributed by atoms with Gasteiger partial charge < -0.3 is 20.6 Å². The lowest BCUT2D eigenvalue weighted by atomic mass is 10.1. The van der Waals surface area contributed by atoms with Crippen LogP contribution >= 0.6 is 0 Å². The van der Waals surface area contributed by atoms with Crippen LogP contribution in [-0.4, -0.2) is 62.9 Å². The second kappa shape index (κ2) is 7.13. The van der Waals surface area contributed by atoms with Crippen molar-refractivity contribution in [3.63, 3.8) is 0 Å². The Kier molecular flexibility index (Phi) is 4.67. The average molecular weight is 369 g/mol. The van der Waals surface area contributed by atoms with Gasteiger partial charge in [0.2, 0.25) is 11.8 Å². The number of hydrogen-bond acceptors (Lipinski definition) is 5. The number of rotatable bonds is 5. The largest absolute Gasteiger partial charge is 0.394 e. The van der Waals surface area contributed by atoms with Crippen molar-refractivity contribution in [2.24, 2.45) is 7.05 Å². The molecule has 2 amide bonds. The van der Waals surface area contributed by atoms with Crippen LogP contribution in [0.5, 0.6) is 0 Å². The summed E-state index contributed by atoms with van der Waals surface area (Å²) < 4.78 is 1.79. The quantitative estimate of drug-likeness (QED) is 0.668. The number of nitrogens with zero attached hydrogens (tertiary/aromatic N) is 3. The number of benzene rings is 1. The molecule has 1 aromatic carbocycles. The number of aliphatic hydroxyl groups is 1. The minimum atomic E-state index is -0.824. The van der Waals surface area contributed by atoms with Crippen molar-refractivity contribution < 1.29 is 14.7 Å². The molecular formula is C19H23N5O3. The number of aryl methyl sites for hydroxylation is 1. The number of carbonyl (C=O) groups excluding carboxylic acids is 2. The molecule has 2 aliphatic heterocycles. The summed E-state index contributed by atoms with van der Waals surface area (Å²) in [5.41, 5.74) is 3.05. The topological polar surface area (TPSA) is 99.5 Å². The van der Waals surface area contributed by atoms with E-state index in [4.69, 9.17) is 0 Å². The van der Waals surface area contributed by atoms with Gasteiger partial charge in [0.15, 0.2) is 0 Å². The van der Waals surface area contributed by atoms with Crippen molar-refractivity contribution in [1.82, 2.24) is 25.3 Å². The molecule has 0 bridgehead atoms. The third-order valence-electron chi connectivity index (χ3n) is 5.22. The van der Waals surface area contributed by atoms with Gasteiger partial charge in [-0.2, -0.15) is 5.10 Å². The summed E-state index contributed by atoms with van der Waals surface area (Å²) in [7, 11) is 1.89. The number of fused-ring (bicyclic) bond motifs is 1. The van der Waals surface area contributed by atoms with Crippen molar-refractivity contribution in [2.45, 2.75) is 31.1 Å². The maximum atomic E-state index is 12.4. The summed E-state index contributed by atoms with van der Waals surface area (Å²) in [5.74, 6) is -0.401. The normalized spacial score (nSPS) is 24.8. The molecule has 4 rings (SSSR count). The van der Waals surface area contributed by atoms with E-state index in [9.17, 15) is 14.7 Å². The van der Waals surface area contributed by atoms with Gasteiger partial charge in [0.25, 0.3) is 0 Å². The Hall–Kier alpha value is -2.71. The van der Waals surface area contributed by atoms with E-state index in [1.165, 1.54) is 0 Å². The highest BCUT2D eigenvalue weighted by Gasteiger charge is 2.46. The van der Waals surface area contributed by atoms with E-state index in [1.54, 1.807) is 9.58 Å². The first-order chi connectivity index (χ1) is 13.1. The third-order valence-corrected chi connectivity index (χ3v) is 5.22. The summed E-state index contributed by atoms with van der Waals surface area (Å²) in [6.45, 7) is 0.693. The number of aliphatic hydroxyl groups excluding tert-OH is 1. The van der Waals surface area contributed by atoms with Crippen LogP contribution in [0.4, 0.5) is 0 Å². The van der Waals surface area contributed by atoms with Gasteiger partial charge in [0, 0.05) is 43.5 Å².